The minimum atomic E-state index is -0.253. The van der Waals surface area contributed by atoms with Gasteiger partial charge < -0.3 is 15.0 Å². The summed E-state index contributed by atoms with van der Waals surface area (Å²) in [4.78, 5) is 26.1. The van der Waals surface area contributed by atoms with Gasteiger partial charge in [-0.15, -0.1) is 10.2 Å². The molecule has 1 aromatic heterocycles. The Kier molecular flexibility index (Phi) is 7.08. The number of benzene rings is 2. The molecule has 1 N–H and O–H groups in total. The lowest BCUT2D eigenvalue weighted by atomic mass is 10.2. The number of hydrogen-bond donors (Lipinski definition) is 1. The number of rotatable bonds is 8. The number of likely N-dealkylation sites (N-methyl/N-ethyl adjacent to an activating group) is 1. The Morgan fingerprint density at radius 1 is 1.17 bits per heavy atom. The maximum Gasteiger partial charge on any atom is 0.243 e. The summed E-state index contributed by atoms with van der Waals surface area (Å²) in [7, 11) is 3.19. The van der Waals surface area contributed by atoms with Gasteiger partial charge in [0.1, 0.15) is 12.1 Å². The monoisotopic (exact) mass is 425 g/mol. The number of aromatic nitrogens is 3. The number of aryl methyl sites for hydroxylation is 1. The third kappa shape index (κ3) is 5.38. The number of amides is 2. The second-order valence-corrected chi connectivity index (χ2v) is 7.55. The van der Waals surface area contributed by atoms with E-state index in [-0.39, 0.29) is 24.1 Å². The first kappa shape index (κ1) is 21.4. The molecular formula is C21H23N5O3S. The SMILES string of the molecule is COc1ccccc1-n1cnnc1SCC(=O)N(C)CC(=O)Nc1ccc(C)cc1. The van der Waals surface area contributed by atoms with Crippen molar-refractivity contribution in [2.24, 2.45) is 0 Å². The van der Waals surface area contributed by atoms with Crippen molar-refractivity contribution in [1.29, 1.82) is 0 Å². The van der Waals surface area contributed by atoms with E-state index in [1.165, 1.54) is 16.7 Å². The predicted molar refractivity (Wildman–Crippen MR) is 116 cm³/mol. The van der Waals surface area contributed by atoms with Crippen LogP contribution in [0.25, 0.3) is 5.69 Å². The summed E-state index contributed by atoms with van der Waals surface area (Å²) in [6, 6.07) is 15.0. The highest BCUT2D eigenvalue weighted by atomic mass is 32.2. The van der Waals surface area contributed by atoms with Crippen LogP contribution in [0.4, 0.5) is 5.69 Å². The molecule has 0 fully saturated rings. The standard InChI is InChI=1S/C21H23N5O3S/c1-15-8-10-16(11-9-15)23-19(27)12-25(2)20(28)13-30-21-24-22-14-26(21)17-6-4-5-7-18(17)29-3/h4-11,14H,12-13H2,1-3H3,(H,23,27). The zero-order valence-electron chi connectivity index (χ0n) is 17.0. The van der Waals surface area contributed by atoms with Gasteiger partial charge in [0.05, 0.1) is 25.1 Å². The Labute approximate surface area is 179 Å². The van der Waals surface area contributed by atoms with Crippen LogP contribution in [0.3, 0.4) is 0 Å². The van der Waals surface area contributed by atoms with Gasteiger partial charge in [0.15, 0.2) is 5.16 Å². The van der Waals surface area contributed by atoms with Crippen molar-refractivity contribution in [1.82, 2.24) is 19.7 Å². The van der Waals surface area contributed by atoms with Gasteiger partial charge in [-0.1, -0.05) is 41.6 Å². The van der Waals surface area contributed by atoms with Crippen LogP contribution in [0, 0.1) is 6.92 Å². The van der Waals surface area contributed by atoms with Crippen molar-refractivity contribution in [3.8, 4) is 11.4 Å². The van der Waals surface area contributed by atoms with Crippen LogP contribution < -0.4 is 10.1 Å². The van der Waals surface area contributed by atoms with Crippen molar-refractivity contribution in [3.05, 3.63) is 60.4 Å². The second kappa shape index (κ2) is 9.93. The summed E-state index contributed by atoms with van der Waals surface area (Å²) in [6.45, 7) is 1.94. The molecule has 156 valence electrons. The molecule has 0 bridgehead atoms. The molecule has 8 nitrogen and oxygen atoms in total. The minimum Gasteiger partial charge on any atom is -0.495 e. The molecule has 0 saturated carbocycles. The molecule has 0 atom stereocenters. The molecule has 0 unspecified atom stereocenters. The quantitative estimate of drug-likeness (QED) is 0.558. The van der Waals surface area contributed by atoms with Gasteiger partial charge in [-0.25, -0.2) is 0 Å². The first-order chi connectivity index (χ1) is 14.5. The lowest BCUT2D eigenvalue weighted by molar-refractivity contribution is -0.131. The van der Waals surface area contributed by atoms with E-state index in [1.807, 2.05) is 55.5 Å². The fourth-order valence-electron chi connectivity index (χ4n) is 2.69. The number of thioether (sulfide) groups is 1. The third-order valence-corrected chi connectivity index (χ3v) is 5.26. The summed E-state index contributed by atoms with van der Waals surface area (Å²) < 4.78 is 7.15. The summed E-state index contributed by atoms with van der Waals surface area (Å²) in [5, 5.41) is 11.4. The average molecular weight is 426 g/mol. The van der Waals surface area contributed by atoms with Gasteiger partial charge in [0, 0.05) is 12.7 Å². The van der Waals surface area contributed by atoms with Crippen LogP contribution >= 0.6 is 11.8 Å². The van der Waals surface area contributed by atoms with Crippen molar-refractivity contribution < 1.29 is 14.3 Å². The molecule has 0 saturated heterocycles. The largest absolute Gasteiger partial charge is 0.495 e. The minimum absolute atomic E-state index is 0.0352. The van der Waals surface area contributed by atoms with Gasteiger partial charge in [-0.05, 0) is 31.2 Å². The highest BCUT2D eigenvalue weighted by Gasteiger charge is 2.17. The van der Waals surface area contributed by atoms with Crippen LogP contribution in [0.1, 0.15) is 5.56 Å². The Morgan fingerprint density at radius 2 is 1.90 bits per heavy atom. The van der Waals surface area contributed by atoms with E-state index < -0.39 is 0 Å². The Morgan fingerprint density at radius 3 is 2.63 bits per heavy atom. The highest BCUT2D eigenvalue weighted by Crippen LogP contribution is 2.26. The van der Waals surface area contributed by atoms with Gasteiger partial charge in [0.2, 0.25) is 11.8 Å². The average Bonchev–Trinajstić information content (AvgIpc) is 3.21. The molecule has 0 spiro atoms. The second-order valence-electron chi connectivity index (χ2n) is 6.61. The highest BCUT2D eigenvalue weighted by molar-refractivity contribution is 7.99. The van der Waals surface area contributed by atoms with Crippen LogP contribution in [-0.4, -0.2) is 57.9 Å². The van der Waals surface area contributed by atoms with Crippen molar-refractivity contribution >= 4 is 29.3 Å². The maximum atomic E-state index is 12.5. The van der Waals surface area contributed by atoms with E-state index in [9.17, 15) is 9.59 Å². The van der Waals surface area contributed by atoms with Crippen molar-refractivity contribution in [2.45, 2.75) is 12.1 Å². The third-order valence-electron chi connectivity index (χ3n) is 4.33. The zero-order valence-corrected chi connectivity index (χ0v) is 17.8. The molecule has 2 amide bonds. The molecule has 30 heavy (non-hydrogen) atoms. The van der Waals surface area contributed by atoms with Crippen LogP contribution in [0.15, 0.2) is 60.0 Å². The van der Waals surface area contributed by atoms with E-state index in [2.05, 4.69) is 15.5 Å². The lowest BCUT2D eigenvalue weighted by Gasteiger charge is -2.17. The summed E-state index contributed by atoms with van der Waals surface area (Å²) in [6.07, 6.45) is 1.57. The zero-order chi connectivity index (χ0) is 21.5. The lowest BCUT2D eigenvalue weighted by Crippen LogP contribution is -2.36. The van der Waals surface area contributed by atoms with Crippen molar-refractivity contribution in [2.75, 3.05) is 31.8 Å². The maximum absolute atomic E-state index is 12.5. The Bertz CT molecular complexity index is 1020. The predicted octanol–water partition coefficient (Wildman–Crippen LogP) is 2.77. The molecular weight excluding hydrogens is 402 g/mol. The molecule has 0 radical (unpaired) electrons. The number of nitrogens with zero attached hydrogens (tertiary/aromatic N) is 4. The van der Waals surface area contributed by atoms with E-state index in [0.717, 1.165) is 11.3 Å². The topological polar surface area (TPSA) is 89.3 Å². The van der Waals surface area contributed by atoms with E-state index in [1.54, 1.807) is 25.1 Å². The summed E-state index contributed by atoms with van der Waals surface area (Å²) >= 11 is 1.25. The van der Waals surface area contributed by atoms with Crippen LogP contribution in [-0.2, 0) is 9.59 Å². The van der Waals surface area contributed by atoms with Gasteiger partial charge in [-0.3, -0.25) is 14.2 Å². The normalized spacial score (nSPS) is 10.5. The Balaban J connectivity index is 1.56. The molecule has 9 heteroatoms. The molecule has 1 heterocycles. The smallest absolute Gasteiger partial charge is 0.243 e. The number of nitrogens with one attached hydrogen (secondary N) is 1. The number of hydrogen-bond acceptors (Lipinski definition) is 6. The fourth-order valence-corrected chi connectivity index (χ4v) is 3.56. The molecule has 0 aliphatic heterocycles. The first-order valence-electron chi connectivity index (χ1n) is 9.24. The molecule has 0 aliphatic rings. The number of para-hydroxylation sites is 2. The number of anilines is 1. The number of ether oxygens (including phenoxy) is 1. The molecule has 3 aromatic rings. The van der Waals surface area contributed by atoms with Gasteiger partial charge in [0.25, 0.3) is 0 Å². The number of methoxy groups -OCH3 is 1. The van der Waals surface area contributed by atoms with Crippen molar-refractivity contribution in [3.63, 3.8) is 0 Å². The first-order valence-corrected chi connectivity index (χ1v) is 10.2. The molecule has 0 aliphatic carbocycles. The summed E-state index contributed by atoms with van der Waals surface area (Å²) in [5.74, 6) is 0.364. The molecule has 2 aromatic carbocycles. The van der Waals surface area contributed by atoms with Crippen LogP contribution in [0.5, 0.6) is 5.75 Å². The number of carbonyl (C=O) groups is 2. The fraction of sp³-hybridized carbons (Fsp3) is 0.238. The molecule has 3 rings (SSSR count). The van der Waals surface area contributed by atoms with E-state index in [4.69, 9.17) is 4.74 Å². The van der Waals surface area contributed by atoms with E-state index >= 15 is 0 Å². The van der Waals surface area contributed by atoms with Gasteiger partial charge >= 0.3 is 0 Å². The number of carbonyl (C=O) groups excluding carboxylic acids is 2. The van der Waals surface area contributed by atoms with Crippen LogP contribution in [0.2, 0.25) is 0 Å². The summed E-state index contributed by atoms with van der Waals surface area (Å²) in [5.41, 5.74) is 2.59. The van der Waals surface area contributed by atoms with Gasteiger partial charge in [-0.2, -0.15) is 0 Å². The van der Waals surface area contributed by atoms with E-state index in [0.29, 0.717) is 16.6 Å². The Hall–Kier alpha value is -3.33.